The van der Waals surface area contributed by atoms with Crippen molar-refractivity contribution in [1.29, 1.82) is 0 Å². The Kier molecular flexibility index (Phi) is 5.86. The fraction of sp³-hybridized carbons (Fsp3) is 0.357. The van der Waals surface area contributed by atoms with Crippen molar-refractivity contribution in [1.82, 2.24) is 15.0 Å². The van der Waals surface area contributed by atoms with Crippen molar-refractivity contribution < 1.29 is 8.42 Å². The number of hydrogen-bond donors (Lipinski definition) is 2. The third-order valence-corrected chi connectivity index (χ3v) is 5.17. The predicted molar refractivity (Wildman–Crippen MR) is 85.1 cm³/mol. The number of hydrogen-bond acceptors (Lipinski definition) is 5. The summed E-state index contributed by atoms with van der Waals surface area (Å²) in [5.74, 6) is 0. The molecule has 0 unspecified atom stereocenters. The normalized spacial score (nSPS) is 11.7. The van der Waals surface area contributed by atoms with Crippen LogP contribution in [0.3, 0.4) is 0 Å². The molecule has 0 aliphatic rings. The average molecular weight is 325 g/mol. The van der Waals surface area contributed by atoms with Crippen LogP contribution < -0.4 is 10.0 Å². The molecule has 0 amide bonds. The van der Waals surface area contributed by atoms with Crippen LogP contribution in [0.25, 0.3) is 0 Å². The molecular weight excluding hydrogens is 306 g/mol. The minimum Gasteiger partial charge on any atom is -0.319 e. The maximum atomic E-state index is 12.1. The number of aromatic nitrogens is 1. The van der Waals surface area contributed by atoms with E-state index in [1.165, 1.54) is 11.3 Å². The second-order valence-electron chi connectivity index (χ2n) is 4.63. The lowest BCUT2D eigenvalue weighted by Crippen LogP contribution is -2.26. The summed E-state index contributed by atoms with van der Waals surface area (Å²) in [6, 6.07) is 7.00. The molecule has 0 saturated carbocycles. The molecule has 1 aromatic heterocycles. The molecule has 0 fully saturated rings. The van der Waals surface area contributed by atoms with Gasteiger partial charge in [-0.2, -0.15) is 0 Å². The highest BCUT2D eigenvalue weighted by Gasteiger charge is 2.13. The summed E-state index contributed by atoms with van der Waals surface area (Å²) in [6.45, 7) is 1.23. The highest BCUT2D eigenvalue weighted by atomic mass is 32.2. The summed E-state index contributed by atoms with van der Waals surface area (Å²) in [4.78, 5) is 4.43. The van der Waals surface area contributed by atoms with Gasteiger partial charge < -0.3 is 5.32 Å². The molecule has 2 aromatic rings. The number of benzene rings is 1. The lowest BCUT2D eigenvalue weighted by molar-refractivity contribution is 0.581. The molecule has 0 spiro atoms. The molecule has 5 nitrogen and oxygen atoms in total. The number of thiazole rings is 1. The largest absolute Gasteiger partial charge is 0.319 e. The van der Waals surface area contributed by atoms with Crippen LogP contribution in [0, 0.1) is 0 Å². The van der Waals surface area contributed by atoms with Crippen molar-refractivity contribution in [2.45, 2.75) is 17.7 Å². The Balaban J connectivity index is 1.92. The summed E-state index contributed by atoms with van der Waals surface area (Å²) < 4.78 is 26.9. The fourth-order valence-corrected chi connectivity index (χ4v) is 3.49. The third-order valence-electron chi connectivity index (χ3n) is 3.05. The van der Waals surface area contributed by atoms with Gasteiger partial charge in [-0.15, -0.1) is 11.3 Å². The van der Waals surface area contributed by atoms with Gasteiger partial charge in [0.1, 0.15) is 0 Å². The van der Waals surface area contributed by atoms with E-state index in [1.807, 2.05) is 24.6 Å². The summed E-state index contributed by atoms with van der Waals surface area (Å²) in [5, 5.41) is 4.99. The zero-order valence-electron chi connectivity index (χ0n) is 11.9. The van der Waals surface area contributed by atoms with Crippen LogP contribution in [-0.4, -0.2) is 33.5 Å². The van der Waals surface area contributed by atoms with Gasteiger partial charge in [-0.1, -0.05) is 12.1 Å². The first kappa shape index (κ1) is 16.1. The Morgan fingerprint density at radius 2 is 1.90 bits per heavy atom. The zero-order chi connectivity index (χ0) is 15.1. The lowest BCUT2D eigenvalue weighted by atomic mass is 10.1. The van der Waals surface area contributed by atoms with E-state index in [1.54, 1.807) is 17.6 Å². The van der Waals surface area contributed by atoms with Gasteiger partial charge in [-0.3, -0.25) is 0 Å². The van der Waals surface area contributed by atoms with Crippen molar-refractivity contribution in [3.8, 4) is 0 Å². The molecule has 1 heterocycles. The van der Waals surface area contributed by atoms with Gasteiger partial charge in [0.2, 0.25) is 10.0 Å². The summed E-state index contributed by atoms with van der Waals surface area (Å²) >= 11 is 1.51. The Labute approximate surface area is 129 Å². The van der Waals surface area contributed by atoms with Crippen molar-refractivity contribution in [2.75, 3.05) is 20.1 Å². The van der Waals surface area contributed by atoms with E-state index in [0.29, 0.717) is 17.9 Å². The van der Waals surface area contributed by atoms with Gasteiger partial charge in [-0.05, 0) is 37.7 Å². The monoisotopic (exact) mass is 325 g/mol. The number of likely N-dealkylation sites (N-methyl/N-ethyl adjacent to an activating group) is 1. The molecular formula is C14H19N3O2S2. The Morgan fingerprint density at radius 3 is 2.52 bits per heavy atom. The van der Waals surface area contributed by atoms with E-state index in [0.717, 1.165) is 24.2 Å². The second-order valence-corrected chi connectivity index (χ2v) is 7.11. The van der Waals surface area contributed by atoms with Gasteiger partial charge in [0, 0.05) is 18.3 Å². The molecule has 0 saturated heterocycles. The topological polar surface area (TPSA) is 71.1 Å². The van der Waals surface area contributed by atoms with Crippen molar-refractivity contribution in [2.24, 2.45) is 0 Å². The smallest absolute Gasteiger partial charge is 0.240 e. The van der Waals surface area contributed by atoms with Crippen molar-refractivity contribution in [3.63, 3.8) is 0 Å². The van der Waals surface area contributed by atoms with Crippen LogP contribution in [0.4, 0.5) is 0 Å². The van der Waals surface area contributed by atoms with Crippen LogP contribution in [0.1, 0.15) is 11.3 Å². The van der Waals surface area contributed by atoms with Crippen LogP contribution in [0.5, 0.6) is 0 Å². The predicted octanol–water partition coefficient (Wildman–Crippen LogP) is 1.43. The maximum Gasteiger partial charge on any atom is 0.240 e. The first-order chi connectivity index (χ1) is 10.1. The quantitative estimate of drug-likeness (QED) is 0.770. The first-order valence-electron chi connectivity index (χ1n) is 6.72. The van der Waals surface area contributed by atoms with E-state index < -0.39 is 10.0 Å². The molecule has 0 aliphatic heterocycles. The minimum atomic E-state index is -3.44. The Morgan fingerprint density at radius 1 is 1.14 bits per heavy atom. The molecule has 0 bridgehead atoms. The summed E-state index contributed by atoms with van der Waals surface area (Å²) in [7, 11) is -1.55. The molecule has 0 atom stereocenters. The van der Waals surface area contributed by atoms with Crippen LogP contribution in [0.15, 0.2) is 40.1 Å². The lowest BCUT2D eigenvalue weighted by Gasteiger charge is -2.07. The molecule has 2 rings (SSSR count). The van der Waals surface area contributed by atoms with Crippen molar-refractivity contribution >= 4 is 21.4 Å². The van der Waals surface area contributed by atoms with Crippen LogP contribution >= 0.6 is 11.3 Å². The van der Waals surface area contributed by atoms with E-state index in [9.17, 15) is 8.42 Å². The average Bonchev–Trinajstić information content (AvgIpc) is 2.98. The SMILES string of the molecule is CNCCc1ccc(S(=O)(=O)NCCc2cscn2)cc1. The molecule has 114 valence electrons. The minimum absolute atomic E-state index is 0.300. The number of nitrogens with zero attached hydrogens (tertiary/aromatic N) is 1. The standard InChI is InChI=1S/C14H19N3O2S2/c1-15-8-6-12-2-4-14(5-3-12)21(18,19)17-9-7-13-10-20-11-16-13/h2-5,10-11,15,17H,6-9H2,1H3. The molecule has 7 heteroatoms. The third kappa shape index (κ3) is 4.89. The first-order valence-corrected chi connectivity index (χ1v) is 9.15. The van der Waals surface area contributed by atoms with Gasteiger partial charge in [0.15, 0.2) is 0 Å². The highest BCUT2D eigenvalue weighted by molar-refractivity contribution is 7.89. The molecule has 2 N–H and O–H groups in total. The van der Waals surface area contributed by atoms with Gasteiger partial charge in [0.05, 0.1) is 16.1 Å². The van der Waals surface area contributed by atoms with Gasteiger partial charge in [-0.25, -0.2) is 18.1 Å². The summed E-state index contributed by atoms with van der Waals surface area (Å²) in [5.41, 5.74) is 3.77. The van der Waals surface area contributed by atoms with E-state index in [2.05, 4.69) is 15.0 Å². The second kappa shape index (κ2) is 7.65. The van der Waals surface area contributed by atoms with Crippen molar-refractivity contribution in [3.05, 3.63) is 46.4 Å². The maximum absolute atomic E-state index is 12.1. The number of nitrogens with one attached hydrogen (secondary N) is 2. The number of sulfonamides is 1. The van der Waals surface area contributed by atoms with Crippen LogP contribution in [0.2, 0.25) is 0 Å². The zero-order valence-corrected chi connectivity index (χ0v) is 13.5. The number of rotatable bonds is 8. The van der Waals surface area contributed by atoms with Gasteiger partial charge in [0.25, 0.3) is 0 Å². The van der Waals surface area contributed by atoms with Crippen LogP contribution in [-0.2, 0) is 22.9 Å². The summed E-state index contributed by atoms with van der Waals surface area (Å²) in [6.07, 6.45) is 1.48. The highest BCUT2D eigenvalue weighted by Crippen LogP contribution is 2.11. The molecule has 1 aromatic carbocycles. The molecule has 21 heavy (non-hydrogen) atoms. The fourth-order valence-electron chi connectivity index (χ4n) is 1.86. The van der Waals surface area contributed by atoms with E-state index >= 15 is 0 Å². The molecule has 0 aliphatic carbocycles. The molecule has 0 radical (unpaired) electrons. The van der Waals surface area contributed by atoms with E-state index in [4.69, 9.17) is 0 Å². The van der Waals surface area contributed by atoms with E-state index in [-0.39, 0.29) is 0 Å². The Hall–Kier alpha value is -1.28. The van der Waals surface area contributed by atoms with Gasteiger partial charge >= 0.3 is 0 Å². The Bertz CT molecular complexity index is 637.